The van der Waals surface area contributed by atoms with Crippen LogP contribution in [0.25, 0.3) is 0 Å². The first-order chi connectivity index (χ1) is 12.7. The number of rotatable bonds is 5. The maximum Gasteiger partial charge on any atom is 0.240 e. The van der Waals surface area contributed by atoms with E-state index in [4.69, 9.17) is 0 Å². The van der Waals surface area contributed by atoms with Gasteiger partial charge in [-0.1, -0.05) is 60.7 Å². The largest absolute Gasteiger partial charge is 0.341 e. The lowest BCUT2D eigenvalue weighted by atomic mass is 9.90. The fraction of sp³-hybridized carbons (Fsp3) is 0.435. The molecule has 2 aliphatic rings. The molecule has 2 saturated heterocycles. The Morgan fingerprint density at radius 3 is 2.35 bits per heavy atom. The minimum atomic E-state index is 0.0646. The quantitative estimate of drug-likeness (QED) is 0.818. The van der Waals surface area contributed by atoms with Crippen LogP contribution in [-0.4, -0.2) is 41.4 Å². The van der Waals surface area contributed by atoms with Crippen LogP contribution in [0.2, 0.25) is 0 Å². The van der Waals surface area contributed by atoms with E-state index in [-0.39, 0.29) is 6.04 Å². The lowest BCUT2D eigenvalue weighted by Gasteiger charge is -2.40. The van der Waals surface area contributed by atoms with Crippen molar-refractivity contribution in [3.05, 3.63) is 71.8 Å². The van der Waals surface area contributed by atoms with Gasteiger partial charge in [-0.25, -0.2) is 0 Å². The number of likely N-dealkylation sites (tertiary alicyclic amines) is 2. The van der Waals surface area contributed by atoms with Gasteiger partial charge < -0.3 is 4.90 Å². The number of amides is 1. The van der Waals surface area contributed by atoms with E-state index in [1.54, 1.807) is 0 Å². The number of hydrogen-bond donors (Lipinski definition) is 0. The fourth-order valence-electron chi connectivity index (χ4n) is 4.64. The topological polar surface area (TPSA) is 23.6 Å². The van der Waals surface area contributed by atoms with Gasteiger partial charge in [-0.15, -0.1) is 0 Å². The van der Waals surface area contributed by atoms with Crippen molar-refractivity contribution in [3.8, 4) is 0 Å². The Kier molecular flexibility index (Phi) is 5.07. The van der Waals surface area contributed by atoms with Crippen LogP contribution in [0.1, 0.15) is 36.9 Å². The highest BCUT2D eigenvalue weighted by atomic mass is 16.2. The maximum absolute atomic E-state index is 13.3. The van der Waals surface area contributed by atoms with Gasteiger partial charge in [0.2, 0.25) is 5.91 Å². The lowest BCUT2D eigenvalue weighted by molar-refractivity contribution is -0.141. The third-order valence-electron chi connectivity index (χ3n) is 6.19. The minimum Gasteiger partial charge on any atom is -0.341 e. The van der Waals surface area contributed by atoms with E-state index in [0.29, 0.717) is 17.9 Å². The van der Waals surface area contributed by atoms with Crippen LogP contribution in [0.4, 0.5) is 0 Å². The van der Waals surface area contributed by atoms with Gasteiger partial charge in [-0.3, -0.25) is 9.69 Å². The van der Waals surface area contributed by atoms with E-state index in [9.17, 15) is 4.79 Å². The summed E-state index contributed by atoms with van der Waals surface area (Å²) in [6.45, 7) is 5.03. The summed E-state index contributed by atoms with van der Waals surface area (Å²) in [6, 6.07) is 21.4. The zero-order valence-corrected chi connectivity index (χ0v) is 15.6. The fourth-order valence-corrected chi connectivity index (χ4v) is 4.64. The average molecular weight is 348 g/mol. The van der Waals surface area contributed by atoms with Crippen molar-refractivity contribution in [3.63, 3.8) is 0 Å². The van der Waals surface area contributed by atoms with Crippen LogP contribution in [-0.2, 0) is 11.2 Å². The second-order valence-corrected chi connectivity index (χ2v) is 7.67. The summed E-state index contributed by atoms with van der Waals surface area (Å²) >= 11 is 0. The number of carbonyl (C=O) groups is 1. The lowest BCUT2D eigenvalue weighted by Crippen LogP contribution is -2.53. The summed E-state index contributed by atoms with van der Waals surface area (Å²) in [4.78, 5) is 17.8. The molecule has 3 atom stereocenters. The first-order valence-electron chi connectivity index (χ1n) is 9.87. The van der Waals surface area contributed by atoms with Gasteiger partial charge in [-0.05, 0) is 49.8 Å². The molecule has 1 amide bonds. The maximum atomic E-state index is 13.3. The predicted octanol–water partition coefficient (Wildman–Crippen LogP) is 3.91. The average Bonchev–Trinajstić information content (AvgIpc) is 3.13. The van der Waals surface area contributed by atoms with Gasteiger partial charge in [0.15, 0.2) is 0 Å². The summed E-state index contributed by atoms with van der Waals surface area (Å²) in [6.07, 6.45) is 3.24. The van der Waals surface area contributed by atoms with E-state index in [1.165, 1.54) is 11.1 Å². The van der Waals surface area contributed by atoms with Crippen LogP contribution in [0.3, 0.4) is 0 Å². The predicted molar refractivity (Wildman–Crippen MR) is 105 cm³/mol. The minimum absolute atomic E-state index is 0.0646. The first-order valence-corrected chi connectivity index (χ1v) is 9.87. The molecule has 0 saturated carbocycles. The summed E-state index contributed by atoms with van der Waals surface area (Å²) in [5.41, 5.74) is 2.62. The zero-order chi connectivity index (χ0) is 17.9. The van der Waals surface area contributed by atoms with Crippen LogP contribution in [0.5, 0.6) is 0 Å². The molecular weight excluding hydrogens is 320 g/mol. The van der Waals surface area contributed by atoms with E-state index in [0.717, 1.165) is 38.9 Å². The summed E-state index contributed by atoms with van der Waals surface area (Å²) < 4.78 is 0. The van der Waals surface area contributed by atoms with Gasteiger partial charge in [0, 0.05) is 19.1 Å². The molecule has 4 rings (SSSR count). The van der Waals surface area contributed by atoms with Crippen molar-refractivity contribution in [2.45, 2.75) is 38.3 Å². The van der Waals surface area contributed by atoms with E-state index in [1.807, 2.05) is 6.07 Å². The number of hydrogen-bond acceptors (Lipinski definition) is 2. The molecule has 2 aromatic rings. The number of carbonyl (C=O) groups excluding carboxylic acids is 1. The van der Waals surface area contributed by atoms with E-state index in [2.05, 4.69) is 71.3 Å². The second-order valence-electron chi connectivity index (χ2n) is 7.67. The molecule has 0 N–H and O–H groups in total. The first kappa shape index (κ1) is 17.3. The molecule has 0 spiro atoms. The Hall–Kier alpha value is -2.13. The van der Waals surface area contributed by atoms with Crippen molar-refractivity contribution in [1.29, 1.82) is 0 Å². The van der Waals surface area contributed by atoms with Crippen LogP contribution in [0.15, 0.2) is 60.7 Å². The zero-order valence-electron chi connectivity index (χ0n) is 15.6. The Labute approximate surface area is 156 Å². The van der Waals surface area contributed by atoms with Crippen LogP contribution in [0, 0.1) is 5.92 Å². The molecule has 26 heavy (non-hydrogen) atoms. The summed E-state index contributed by atoms with van der Waals surface area (Å²) in [5.74, 6) is 0.874. The van der Waals surface area contributed by atoms with Crippen LogP contribution >= 0.6 is 0 Å². The summed E-state index contributed by atoms with van der Waals surface area (Å²) in [7, 11) is 0. The number of fused-ring (bicyclic) bond motifs is 1. The molecule has 0 aromatic heterocycles. The molecule has 3 nitrogen and oxygen atoms in total. The third-order valence-corrected chi connectivity index (χ3v) is 6.19. The molecular formula is C23H28N2O. The third kappa shape index (κ3) is 3.41. The highest BCUT2D eigenvalue weighted by Gasteiger charge is 2.45. The Morgan fingerprint density at radius 1 is 0.962 bits per heavy atom. The number of benzene rings is 2. The molecule has 2 fully saturated rings. The Morgan fingerprint density at radius 2 is 1.62 bits per heavy atom. The van der Waals surface area contributed by atoms with E-state index < -0.39 is 0 Å². The molecule has 2 aromatic carbocycles. The van der Waals surface area contributed by atoms with Crippen LogP contribution < -0.4 is 0 Å². The molecule has 0 radical (unpaired) electrons. The van der Waals surface area contributed by atoms with Gasteiger partial charge in [0.25, 0.3) is 0 Å². The monoisotopic (exact) mass is 348 g/mol. The molecule has 2 aliphatic heterocycles. The Bertz CT molecular complexity index is 730. The SMILES string of the molecule is C[C@@H](c1ccccc1)N1CC[C@H]2CCN(CCc3ccccc3)C(=O)[C@H]21. The van der Waals surface area contributed by atoms with Gasteiger partial charge in [-0.2, -0.15) is 0 Å². The molecule has 0 aliphatic carbocycles. The summed E-state index contributed by atoms with van der Waals surface area (Å²) in [5, 5.41) is 0. The van der Waals surface area contributed by atoms with E-state index >= 15 is 0 Å². The Balaban J connectivity index is 1.45. The van der Waals surface area contributed by atoms with Crippen molar-refractivity contribution in [2.75, 3.05) is 19.6 Å². The molecule has 3 heteroatoms. The van der Waals surface area contributed by atoms with Gasteiger partial charge >= 0.3 is 0 Å². The normalized spacial score (nSPS) is 24.5. The molecule has 0 unspecified atom stereocenters. The number of piperidine rings is 1. The molecule has 2 heterocycles. The van der Waals surface area contributed by atoms with Crippen molar-refractivity contribution >= 4 is 5.91 Å². The standard InChI is InChI=1S/C23H28N2O/c1-18(20-10-6-3-7-11-20)25-17-14-21-13-16-24(23(26)22(21)25)15-12-19-8-4-2-5-9-19/h2-11,18,21-22H,12-17H2,1H3/t18-,21+,22-/m0/s1. The van der Waals surface area contributed by atoms with Crippen molar-refractivity contribution in [2.24, 2.45) is 5.92 Å². The highest BCUT2D eigenvalue weighted by molar-refractivity contribution is 5.83. The molecule has 136 valence electrons. The highest BCUT2D eigenvalue weighted by Crippen LogP contribution is 2.37. The van der Waals surface area contributed by atoms with Gasteiger partial charge in [0.1, 0.15) is 0 Å². The van der Waals surface area contributed by atoms with Crippen molar-refractivity contribution in [1.82, 2.24) is 9.80 Å². The smallest absolute Gasteiger partial charge is 0.240 e. The molecule has 0 bridgehead atoms. The second kappa shape index (κ2) is 7.63. The van der Waals surface area contributed by atoms with Gasteiger partial charge in [0.05, 0.1) is 6.04 Å². The van der Waals surface area contributed by atoms with Crippen molar-refractivity contribution < 1.29 is 4.79 Å². The number of nitrogens with zero attached hydrogens (tertiary/aromatic N) is 2.